The molecular formula is C31H63NO2P+. The molecule has 0 aliphatic rings. The zero-order valence-electron chi connectivity index (χ0n) is 24.6. The predicted molar refractivity (Wildman–Crippen MR) is 155 cm³/mol. The van der Waals surface area contributed by atoms with Crippen LogP contribution in [0.2, 0.25) is 0 Å². The quantitative estimate of drug-likeness (QED) is 0.0500. The number of rotatable bonds is 26. The van der Waals surface area contributed by atoms with E-state index in [0.717, 1.165) is 25.7 Å². The maximum absolute atomic E-state index is 12.1. The molecule has 0 aromatic carbocycles. The third-order valence-electron chi connectivity index (χ3n) is 7.83. The number of quaternary nitrogens is 1. The molecule has 4 heteroatoms. The smallest absolute Gasteiger partial charge is 0.376 e. The van der Waals surface area contributed by atoms with Gasteiger partial charge in [-0.3, -0.25) is 4.48 Å². The molecule has 0 amide bonds. The standard InChI is InChI=1S/C31H63NO2P/c1-6-8-9-10-11-12-13-14-15-16-17-18-19-20-21-22-23-24-25-26-27-28-30-31(29-7-2,35(33)34)32(3,4)5/h15-16H,6-14,17-30H2,1-5H3/q+1/b16-15-. The molecule has 0 fully saturated rings. The van der Waals surface area contributed by atoms with E-state index < -0.39 is 13.3 Å². The van der Waals surface area contributed by atoms with Gasteiger partial charge in [0.1, 0.15) is 0 Å². The molecule has 0 saturated heterocycles. The summed E-state index contributed by atoms with van der Waals surface area (Å²) in [6.45, 7) is 4.38. The molecule has 3 nitrogen and oxygen atoms in total. The Morgan fingerprint density at radius 3 is 1.29 bits per heavy atom. The second kappa shape index (κ2) is 22.9. The van der Waals surface area contributed by atoms with Gasteiger partial charge in [0.25, 0.3) is 5.28 Å². The molecule has 2 unspecified atom stereocenters. The molecule has 2 atom stereocenters. The monoisotopic (exact) mass is 512 g/mol. The van der Waals surface area contributed by atoms with Crippen LogP contribution >= 0.6 is 8.03 Å². The second-order valence-electron chi connectivity index (χ2n) is 11.8. The van der Waals surface area contributed by atoms with Crippen LogP contribution in [0.5, 0.6) is 0 Å². The van der Waals surface area contributed by atoms with Crippen molar-refractivity contribution in [3.8, 4) is 0 Å². The zero-order chi connectivity index (χ0) is 26.3. The van der Waals surface area contributed by atoms with Crippen molar-refractivity contribution in [2.75, 3.05) is 21.1 Å². The van der Waals surface area contributed by atoms with Crippen molar-refractivity contribution >= 4 is 8.03 Å². The van der Waals surface area contributed by atoms with Crippen molar-refractivity contribution < 1.29 is 13.9 Å². The Bertz CT molecular complexity index is 515. The fourth-order valence-electron chi connectivity index (χ4n) is 5.34. The minimum absolute atomic E-state index is 0.523. The van der Waals surface area contributed by atoms with Crippen LogP contribution in [-0.4, -0.2) is 30.9 Å². The van der Waals surface area contributed by atoms with Crippen LogP contribution in [0.25, 0.3) is 0 Å². The van der Waals surface area contributed by atoms with Gasteiger partial charge in [-0.05, 0) is 38.5 Å². The first-order valence-corrected chi connectivity index (χ1v) is 16.6. The summed E-state index contributed by atoms with van der Waals surface area (Å²) in [7, 11) is 3.69. The molecule has 0 heterocycles. The summed E-state index contributed by atoms with van der Waals surface area (Å²) >= 11 is 0. The lowest BCUT2D eigenvalue weighted by molar-refractivity contribution is -0.910. The van der Waals surface area contributed by atoms with Gasteiger partial charge < -0.3 is 4.89 Å². The second-order valence-corrected chi connectivity index (χ2v) is 13.2. The van der Waals surface area contributed by atoms with Gasteiger partial charge in [-0.25, -0.2) is 0 Å². The SMILES string of the molecule is CCCCCCCCC/C=C\CCCCCCCCCCCCCC(CCC)([P+](=O)[O-])[N+](C)(C)C. The first-order valence-electron chi connectivity index (χ1n) is 15.4. The Morgan fingerprint density at radius 1 is 0.571 bits per heavy atom. The van der Waals surface area contributed by atoms with E-state index in [1.807, 2.05) is 21.1 Å². The average molecular weight is 513 g/mol. The number of allylic oxidation sites excluding steroid dienone is 2. The van der Waals surface area contributed by atoms with Crippen LogP contribution in [0, 0.1) is 0 Å². The number of hydrogen-bond acceptors (Lipinski definition) is 2. The molecule has 0 aromatic heterocycles. The van der Waals surface area contributed by atoms with Crippen LogP contribution < -0.4 is 4.89 Å². The normalized spacial score (nSPS) is 14.5. The van der Waals surface area contributed by atoms with E-state index in [9.17, 15) is 9.46 Å². The molecule has 0 aromatic rings. The van der Waals surface area contributed by atoms with Crippen LogP contribution in [0.3, 0.4) is 0 Å². The van der Waals surface area contributed by atoms with E-state index in [1.54, 1.807) is 0 Å². The van der Waals surface area contributed by atoms with Gasteiger partial charge in [-0.1, -0.05) is 127 Å². The van der Waals surface area contributed by atoms with Crippen molar-refractivity contribution in [1.82, 2.24) is 0 Å². The van der Waals surface area contributed by atoms with Crippen LogP contribution in [0.1, 0.15) is 162 Å². The average Bonchev–Trinajstić information content (AvgIpc) is 2.80. The zero-order valence-corrected chi connectivity index (χ0v) is 25.5. The van der Waals surface area contributed by atoms with E-state index >= 15 is 0 Å². The molecule has 35 heavy (non-hydrogen) atoms. The molecule has 0 radical (unpaired) electrons. The van der Waals surface area contributed by atoms with Crippen LogP contribution in [0.4, 0.5) is 0 Å². The van der Waals surface area contributed by atoms with Gasteiger partial charge in [0.15, 0.2) is 0 Å². The first kappa shape index (κ1) is 34.8. The summed E-state index contributed by atoms with van der Waals surface area (Å²) in [5, 5.41) is -0.590. The molecule has 0 N–H and O–H groups in total. The Kier molecular flexibility index (Phi) is 22.8. The van der Waals surface area contributed by atoms with E-state index in [-0.39, 0.29) is 0 Å². The van der Waals surface area contributed by atoms with Crippen LogP contribution in [-0.2, 0) is 4.57 Å². The maximum Gasteiger partial charge on any atom is 0.376 e. The number of hydrogen-bond donors (Lipinski definition) is 0. The molecule has 0 aliphatic heterocycles. The van der Waals surface area contributed by atoms with Crippen molar-refractivity contribution in [2.45, 2.75) is 167 Å². The summed E-state index contributed by atoms with van der Waals surface area (Å²) in [6, 6.07) is 0. The first-order chi connectivity index (χ1) is 16.8. The lowest BCUT2D eigenvalue weighted by atomic mass is 9.99. The molecule has 0 aliphatic carbocycles. The molecule has 0 bridgehead atoms. The van der Waals surface area contributed by atoms with Gasteiger partial charge in [-0.2, -0.15) is 0 Å². The summed E-state index contributed by atoms with van der Waals surface area (Å²) < 4.78 is 12.6. The Hall–Kier alpha value is -0.240. The third-order valence-corrected chi connectivity index (χ3v) is 9.55. The Balaban J connectivity index is 3.53. The minimum Gasteiger partial charge on any atom is -0.590 e. The topological polar surface area (TPSA) is 40.1 Å². The minimum atomic E-state index is -2.42. The maximum atomic E-state index is 12.1. The number of unbranched alkanes of at least 4 members (excludes halogenated alkanes) is 18. The van der Waals surface area contributed by atoms with Gasteiger partial charge in [0, 0.05) is 12.8 Å². The summed E-state index contributed by atoms with van der Waals surface area (Å²) in [5.74, 6) is 0. The fraction of sp³-hybridized carbons (Fsp3) is 0.935. The fourth-order valence-corrected chi connectivity index (χ4v) is 6.58. The van der Waals surface area contributed by atoms with Gasteiger partial charge in [0.2, 0.25) is 0 Å². The largest absolute Gasteiger partial charge is 0.590 e. The van der Waals surface area contributed by atoms with Crippen molar-refractivity contribution in [3.63, 3.8) is 0 Å². The highest BCUT2D eigenvalue weighted by molar-refractivity contribution is 7.38. The van der Waals surface area contributed by atoms with Gasteiger partial charge >= 0.3 is 8.03 Å². The highest BCUT2D eigenvalue weighted by atomic mass is 31.1. The van der Waals surface area contributed by atoms with Crippen molar-refractivity contribution in [3.05, 3.63) is 12.2 Å². The number of nitrogens with zero attached hydrogens (tertiary/aromatic N) is 1. The molecular weight excluding hydrogens is 449 g/mol. The Morgan fingerprint density at radius 2 is 0.943 bits per heavy atom. The van der Waals surface area contributed by atoms with E-state index in [1.165, 1.54) is 122 Å². The third kappa shape index (κ3) is 17.8. The predicted octanol–water partition coefficient (Wildman–Crippen LogP) is 10.1. The van der Waals surface area contributed by atoms with E-state index in [2.05, 4.69) is 26.0 Å². The lowest BCUT2D eigenvalue weighted by Gasteiger charge is -2.39. The van der Waals surface area contributed by atoms with Crippen LogP contribution in [0.15, 0.2) is 12.2 Å². The molecule has 208 valence electrons. The van der Waals surface area contributed by atoms with Gasteiger partial charge in [-0.15, -0.1) is 0 Å². The molecule has 0 saturated carbocycles. The van der Waals surface area contributed by atoms with Crippen molar-refractivity contribution in [1.29, 1.82) is 0 Å². The highest BCUT2D eigenvalue weighted by Crippen LogP contribution is 2.45. The summed E-state index contributed by atoms with van der Waals surface area (Å²) in [6.07, 6.45) is 34.1. The van der Waals surface area contributed by atoms with E-state index in [4.69, 9.17) is 0 Å². The Labute approximate surface area is 222 Å². The lowest BCUT2D eigenvalue weighted by Crippen LogP contribution is -2.55. The van der Waals surface area contributed by atoms with Crippen molar-refractivity contribution in [2.24, 2.45) is 0 Å². The highest BCUT2D eigenvalue weighted by Gasteiger charge is 2.53. The molecule has 0 rings (SSSR count). The molecule has 0 spiro atoms. The van der Waals surface area contributed by atoms with Gasteiger partial charge in [0.05, 0.1) is 21.1 Å². The summed E-state index contributed by atoms with van der Waals surface area (Å²) in [4.78, 5) is 12.1. The summed E-state index contributed by atoms with van der Waals surface area (Å²) in [5.41, 5.74) is 0. The van der Waals surface area contributed by atoms with E-state index in [0.29, 0.717) is 4.48 Å².